The highest BCUT2D eigenvalue weighted by molar-refractivity contribution is 5.81. The number of ether oxygens (including phenoxy) is 1. The van der Waals surface area contributed by atoms with Crippen LogP contribution in [0.5, 0.6) is 5.75 Å². The van der Waals surface area contributed by atoms with E-state index in [1.807, 2.05) is 36.1 Å². The highest BCUT2D eigenvalue weighted by Crippen LogP contribution is 2.27. The molecule has 2 fully saturated rings. The average molecular weight is 417 g/mol. The zero-order valence-electron chi connectivity index (χ0n) is 18.3. The first kappa shape index (κ1) is 22.4. The predicted molar refractivity (Wildman–Crippen MR) is 119 cm³/mol. The Bertz CT molecular complexity index is 718. The number of hydrogen-bond acceptors (Lipinski definition) is 4. The molecule has 2 atom stereocenters. The van der Waals surface area contributed by atoms with E-state index in [0.29, 0.717) is 17.6 Å². The van der Waals surface area contributed by atoms with Crippen LogP contribution < -0.4 is 15.4 Å². The number of amides is 1. The fourth-order valence-electron chi connectivity index (χ4n) is 4.33. The van der Waals surface area contributed by atoms with Gasteiger partial charge in [0.15, 0.2) is 5.96 Å². The molecule has 3 rings (SSSR count). The van der Waals surface area contributed by atoms with Gasteiger partial charge in [-0.05, 0) is 43.9 Å². The second-order valence-corrected chi connectivity index (χ2v) is 8.26. The highest BCUT2D eigenvalue weighted by atomic mass is 16.5. The van der Waals surface area contributed by atoms with Crippen LogP contribution in [-0.4, -0.2) is 61.2 Å². The first-order valence-electron chi connectivity index (χ1n) is 11.3. The molecule has 1 aliphatic heterocycles. The summed E-state index contributed by atoms with van der Waals surface area (Å²) in [6, 6.07) is 7.59. The predicted octanol–water partition coefficient (Wildman–Crippen LogP) is 2.46. The Morgan fingerprint density at radius 3 is 2.83 bits per heavy atom. The number of methoxy groups -OCH3 is 1. The Balaban J connectivity index is 1.53. The molecule has 0 radical (unpaired) electrons. The minimum atomic E-state index is -0.705. The summed E-state index contributed by atoms with van der Waals surface area (Å²) >= 11 is 0. The number of aliphatic imine (C=N–C) groups is 1. The van der Waals surface area contributed by atoms with Gasteiger partial charge in [0.05, 0.1) is 19.8 Å². The van der Waals surface area contributed by atoms with Crippen molar-refractivity contribution in [3.63, 3.8) is 0 Å². The number of carbonyl (C=O) groups excluding carboxylic acids is 1. The van der Waals surface area contributed by atoms with E-state index >= 15 is 0 Å². The Hall–Kier alpha value is -2.28. The van der Waals surface area contributed by atoms with Crippen LogP contribution in [0.1, 0.15) is 57.1 Å². The third kappa shape index (κ3) is 6.11. The van der Waals surface area contributed by atoms with Crippen molar-refractivity contribution < 1.29 is 14.6 Å². The number of hydrogen-bond donors (Lipinski definition) is 3. The van der Waals surface area contributed by atoms with E-state index in [1.165, 1.54) is 19.3 Å². The lowest BCUT2D eigenvalue weighted by molar-refractivity contribution is -0.135. The molecular formula is C23H36N4O3. The van der Waals surface area contributed by atoms with E-state index in [1.54, 1.807) is 7.11 Å². The number of aliphatic hydroxyl groups excluding tert-OH is 1. The molecule has 30 heavy (non-hydrogen) atoms. The molecule has 1 aromatic carbocycles. The van der Waals surface area contributed by atoms with Gasteiger partial charge >= 0.3 is 0 Å². The number of nitrogens with one attached hydrogen (secondary N) is 2. The molecule has 1 aromatic rings. The van der Waals surface area contributed by atoms with Gasteiger partial charge in [-0.3, -0.25) is 9.79 Å². The smallest absolute Gasteiger partial charge is 0.225 e. The first-order valence-corrected chi connectivity index (χ1v) is 11.3. The second kappa shape index (κ2) is 11.2. The summed E-state index contributed by atoms with van der Waals surface area (Å²) < 4.78 is 5.23. The van der Waals surface area contributed by atoms with Gasteiger partial charge in [0, 0.05) is 31.6 Å². The van der Waals surface area contributed by atoms with Crippen LogP contribution in [0, 0.1) is 5.92 Å². The van der Waals surface area contributed by atoms with Gasteiger partial charge in [-0.15, -0.1) is 0 Å². The molecular weight excluding hydrogens is 380 g/mol. The van der Waals surface area contributed by atoms with E-state index in [4.69, 9.17) is 4.74 Å². The zero-order valence-corrected chi connectivity index (χ0v) is 18.3. The second-order valence-electron chi connectivity index (χ2n) is 8.26. The summed E-state index contributed by atoms with van der Waals surface area (Å²) in [5, 5.41) is 17.2. The van der Waals surface area contributed by atoms with Gasteiger partial charge in [0.25, 0.3) is 0 Å². The van der Waals surface area contributed by atoms with Gasteiger partial charge < -0.3 is 25.4 Å². The summed E-state index contributed by atoms with van der Waals surface area (Å²) in [5.41, 5.74) is 0.777. The van der Waals surface area contributed by atoms with E-state index in [9.17, 15) is 9.90 Å². The van der Waals surface area contributed by atoms with Gasteiger partial charge in [0.2, 0.25) is 5.91 Å². The maximum atomic E-state index is 12.8. The lowest BCUT2D eigenvalue weighted by Crippen LogP contribution is -2.45. The van der Waals surface area contributed by atoms with Crippen LogP contribution in [0.4, 0.5) is 0 Å². The minimum Gasteiger partial charge on any atom is -0.497 e. The number of carbonyl (C=O) groups is 1. The van der Waals surface area contributed by atoms with Crippen LogP contribution in [-0.2, 0) is 4.79 Å². The number of likely N-dealkylation sites (tertiary alicyclic amines) is 1. The molecule has 166 valence electrons. The van der Waals surface area contributed by atoms with Crippen molar-refractivity contribution in [3.8, 4) is 5.75 Å². The quantitative estimate of drug-likeness (QED) is 0.470. The summed E-state index contributed by atoms with van der Waals surface area (Å²) in [6.07, 6.45) is 5.92. The summed E-state index contributed by atoms with van der Waals surface area (Å²) in [5.74, 6) is 1.94. The number of rotatable bonds is 7. The molecule has 1 saturated heterocycles. The van der Waals surface area contributed by atoms with E-state index in [-0.39, 0.29) is 18.5 Å². The minimum absolute atomic E-state index is 0.185. The number of aliphatic hydroxyl groups is 1. The van der Waals surface area contributed by atoms with E-state index in [0.717, 1.165) is 44.5 Å². The zero-order chi connectivity index (χ0) is 21.3. The van der Waals surface area contributed by atoms with Gasteiger partial charge in [0.1, 0.15) is 5.75 Å². The van der Waals surface area contributed by atoms with Crippen LogP contribution in [0.3, 0.4) is 0 Å². The lowest BCUT2D eigenvalue weighted by atomic mass is 9.88. The van der Waals surface area contributed by atoms with Gasteiger partial charge in [-0.1, -0.05) is 31.4 Å². The Kier molecular flexibility index (Phi) is 8.37. The van der Waals surface area contributed by atoms with Crippen molar-refractivity contribution >= 4 is 11.9 Å². The highest BCUT2D eigenvalue weighted by Gasteiger charge is 2.31. The SMILES string of the molecule is CCNC(=NCC(O)c1cccc(OC)c1)NC1CCN(C(=O)C2CCCCC2)C1. The molecule has 1 aliphatic carbocycles. The lowest BCUT2D eigenvalue weighted by Gasteiger charge is -2.26. The average Bonchev–Trinajstić information content (AvgIpc) is 3.26. The number of nitrogens with zero attached hydrogens (tertiary/aromatic N) is 2. The van der Waals surface area contributed by atoms with Crippen LogP contribution >= 0.6 is 0 Å². The molecule has 0 spiro atoms. The molecule has 1 heterocycles. The van der Waals surface area contributed by atoms with Crippen molar-refractivity contribution in [2.24, 2.45) is 10.9 Å². The number of benzene rings is 1. The topological polar surface area (TPSA) is 86.2 Å². The molecule has 2 unspecified atom stereocenters. The Labute approximate surface area is 179 Å². The van der Waals surface area contributed by atoms with E-state index in [2.05, 4.69) is 15.6 Å². The fourth-order valence-corrected chi connectivity index (χ4v) is 4.33. The molecule has 7 heteroatoms. The van der Waals surface area contributed by atoms with Crippen LogP contribution in [0.25, 0.3) is 0 Å². The monoisotopic (exact) mass is 416 g/mol. The molecule has 0 aromatic heterocycles. The van der Waals surface area contributed by atoms with Gasteiger partial charge in [-0.2, -0.15) is 0 Å². The molecule has 1 amide bonds. The third-order valence-electron chi connectivity index (χ3n) is 6.04. The molecule has 3 N–H and O–H groups in total. The van der Waals surface area contributed by atoms with Crippen molar-refractivity contribution in [1.82, 2.24) is 15.5 Å². The summed E-state index contributed by atoms with van der Waals surface area (Å²) in [6.45, 7) is 4.53. The normalized spacial score (nSPS) is 21.4. The standard InChI is InChI=1S/C23H36N4O3/c1-3-24-23(25-15-21(28)18-10-7-11-20(14-18)30-2)26-19-12-13-27(16-19)22(29)17-8-5-4-6-9-17/h7,10-11,14,17,19,21,28H,3-6,8-9,12-13,15-16H2,1-2H3,(H2,24,25,26). The molecule has 2 aliphatic rings. The molecule has 1 saturated carbocycles. The van der Waals surface area contributed by atoms with Crippen molar-refractivity contribution in [1.29, 1.82) is 0 Å². The van der Waals surface area contributed by atoms with Crippen LogP contribution in [0.2, 0.25) is 0 Å². The van der Waals surface area contributed by atoms with Crippen molar-refractivity contribution in [2.45, 2.75) is 57.6 Å². The largest absolute Gasteiger partial charge is 0.497 e. The first-order chi connectivity index (χ1) is 14.6. The summed E-state index contributed by atoms with van der Waals surface area (Å²) in [7, 11) is 1.61. The van der Waals surface area contributed by atoms with Crippen molar-refractivity contribution in [2.75, 3.05) is 33.3 Å². The van der Waals surface area contributed by atoms with Crippen molar-refractivity contribution in [3.05, 3.63) is 29.8 Å². The van der Waals surface area contributed by atoms with Gasteiger partial charge in [-0.25, -0.2) is 0 Å². The summed E-state index contributed by atoms with van der Waals surface area (Å²) in [4.78, 5) is 19.4. The van der Waals surface area contributed by atoms with E-state index < -0.39 is 6.10 Å². The molecule has 7 nitrogen and oxygen atoms in total. The molecule has 0 bridgehead atoms. The van der Waals surface area contributed by atoms with Crippen LogP contribution in [0.15, 0.2) is 29.3 Å². The maximum absolute atomic E-state index is 12.8. The number of guanidine groups is 1. The Morgan fingerprint density at radius 1 is 1.30 bits per heavy atom. The fraction of sp³-hybridized carbons (Fsp3) is 0.652. The third-order valence-corrected chi connectivity index (χ3v) is 6.04. The Morgan fingerprint density at radius 2 is 2.10 bits per heavy atom. The maximum Gasteiger partial charge on any atom is 0.225 e.